The highest BCUT2D eigenvalue weighted by Crippen LogP contribution is 2.16. The van der Waals surface area contributed by atoms with E-state index in [2.05, 4.69) is 10.6 Å². The Bertz CT molecular complexity index is 380. The summed E-state index contributed by atoms with van der Waals surface area (Å²) in [6.45, 7) is 4.41. The first kappa shape index (κ1) is 15.9. The van der Waals surface area contributed by atoms with Gasteiger partial charge in [0.1, 0.15) is 6.04 Å². The zero-order valence-corrected chi connectivity index (χ0v) is 12.0. The van der Waals surface area contributed by atoms with Crippen LogP contribution < -0.4 is 10.6 Å². The monoisotopic (exact) mass is 289 g/mol. The molecule has 2 saturated heterocycles. The number of nitrogens with zero attached hydrogens (tertiary/aromatic N) is 1. The Morgan fingerprint density at radius 1 is 1.42 bits per heavy atom. The summed E-state index contributed by atoms with van der Waals surface area (Å²) >= 11 is 0. The van der Waals surface area contributed by atoms with Crippen molar-refractivity contribution in [3.63, 3.8) is 0 Å². The SMILES string of the molecule is CC(C)N1C(=O)CC(NC(=O)C2CCCN2)C1=O.Cl. The Morgan fingerprint density at radius 2 is 2.11 bits per heavy atom. The van der Waals surface area contributed by atoms with E-state index in [0.29, 0.717) is 0 Å². The van der Waals surface area contributed by atoms with Gasteiger partial charge in [-0.05, 0) is 33.2 Å². The zero-order chi connectivity index (χ0) is 13.3. The lowest BCUT2D eigenvalue weighted by atomic mass is 10.2. The molecule has 6 nitrogen and oxygen atoms in total. The number of carbonyl (C=O) groups excluding carboxylic acids is 3. The molecule has 7 heteroatoms. The smallest absolute Gasteiger partial charge is 0.252 e. The van der Waals surface area contributed by atoms with E-state index in [0.717, 1.165) is 19.4 Å². The van der Waals surface area contributed by atoms with Gasteiger partial charge < -0.3 is 10.6 Å². The average molecular weight is 290 g/mol. The van der Waals surface area contributed by atoms with Gasteiger partial charge in [0, 0.05) is 6.04 Å². The van der Waals surface area contributed by atoms with Crippen LogP contribution in [0.25, 0.3) is 0 Å². The molecule has 2 unspecified atom stereocenters. The van der Waals surface area contributed by atoms with Gasteiger partial charge in [-0.15, -0.1) is 12.4 Å². The Morgan fingerprint density at radius 3 is 2.58 bits per heavy atom. The Kier molecular flexibility index (Phi) is 5.31. The molecule has 3 amide bonds. The van der Waals surface area contributed by atoms with Crippen molar-refractivity contribution in [3.05, 3.63) is 0 Å². The number of nitrogens with one attached hydrogen (secondary N) is 2. The van der Waals surface area contributed by atoms with Crippen molar-refractivity contribution in [2.45, 2.75) is 51.2 Å². The van der Waals surface area contributed by atoms with E-state index in [1.807, 2.05) is 0 Å². The van der Waals surface area contributed by atoms with Crippen LogP contribution in [0, 0.1) is 0 Å². The van der Waals surface area contributed by atoms with Crippen LogP contribution in [0.4, 0.5) is 0 Å². The van der Waals surface area contributed by atoms with Crippen LogP contribution in [0.2, 0.25) is 0 Å². The van der Waals surface area contributed by atoms with E-state index >= 15 is 0 Å². The molecule has 2 rings (SSSR count). The fourth-order valence-electron chi connectivity index (χ4n) is 2.49. The third-order valence-electron chi connectivity index (χ3n) is 3.39. The molecule has 2 aliphatic heterocycles. The highest BCUT2D eigenvalue weighted by atomic mass is 35.5. The normalized spacial score (nSPS) is 26.8. The first-order valence-electron chi connectivity index (χ1n) is 6.40. The maximum Gasteiger partial charge on any atom is 0.252 e. The summed E-state index contributed by atoms with van der Waals surface area (Å²) in [4.78, 5) is 36.8. The van der Waals surface area contributed by atoms with Crippen molar-refractivity contribution in [1.29, 1.82) is 0 Å². The summed E-state index contributed by atoms with van der Waals surface area (Å²) in [5.41, 5.74) is 0. The van der Waals surface area contributed by atoms with Gasteiger partial charge in [-0.1, -0.05) is 0 Å². The van der Waals surface area contributed by atoms with Crippen LogP contribution in [0.15, 0.2) is 0 Å². The minimum Gasteiger partial charge on any atom is -0.342 e. The number of imide groups is 1. The predicted molar refractivity (Wildman–Crippen MR) is 71.8 cm³/mol. The van der Waals surface area contributed by atoms with Gasteiger partial charge in [0.2, 0.25) is 11.8 Å². The van der Waals surface area contributed by atoms with E-state index < -0.39 is 6.04 Å². The van der Waals surface area contributed by atoms with Crippen molar-refractivity contribution < 1.29 is 14.4 Å². The van der Waals surface area contributed by atoms with Crippen molar-refractivity contribution in [1.82, 2.24) is 15.5 Å². The van der Waals surface area contributed by atoms with E-state index in [9.17, 15) is 14.4 Å². The molecule has 2 N–H and O–H groups in total. The molecule has 0 saturated carbocycles. The lowest BCUT2D eigenvalue weighted by molar-refractivity contribution is -0.141. The number of hydrogen-bond acceptors (Lipinski definition) is 4. The molecule has 0 radical (unpaired) electrons. The lowest BCUT2D eigenvalue weighted by Crippen LogP contribution is -2.48. The summed E-state index contributed by atoms with van der Waals surface area (Å²) in [6, 6.07) is -1.06. The molecular weight excluding hydrogens is 270 g/mol. The highest BCUT2D eigenvalue weighted by Gasteiger charge is 2.41. The number of halogens is 1. The van der Waals surface area contributed by atoms with Crippen molar-refractivity contribution in [2.75, 3.05) is 6.54 Å². The molecule has 2 aliphatic rings. The number of likely N-dealkylation sites (tertiary alicyclic amines) is 1. The van der Waals surface area contributed by atoms with Crippen molar-refractivity contribution in [3.8, 4) is 0 Å². The molecule has 0 aromatic rings. The molecule has 2 fully saturated rings. The summed E-state index contributed by atoms with van der Waals surface area (Å²) in [6.07, 6.45) is 1.83. The van der Waals surface area contributed by atoms with Gasteiger partial charge in [-0.3, -0.25) is 19.3 Å². The number of amides is 3. The maximum absolute atomic E-state index is 12.0. The van der Waals surface area contributed by atoms with Crippen LogP contribution in [-0.2, 0) is 14.4 Å². The molecule has 0 aromatic carbocycles. The van der Waals surface area contributed by atoms with Crippen LogP contribution in [0.1, 0.15) is 33.1 Å². The topological polar surface area (TPSA) is 78.5 Å². The molecule has 108 valence electrons. The number of hydrogen-bond donors (Lipinski definition) is 2. The van der Waals surface area contributed by atoms with Crippen molar-refractivity contribution >= 4 is 30.1 Å². The first-order chi connectivity index (χ1) is 8.50. The second-order valence-corrected chi connectivity index (χ2v) is 5.11. The summed E-state index contributed by atoms with van der Waals surface area (Å²) in [7, 11) is 0. The molecule has 2 heterocycles. The average Bonchev–Trinajstić information content (AvgIpc) is 2.88. The first-order valence-corrected chi connectivity index (χ1v) is 6.40. The lowest BCUT2D eigenvalue weighted by Gasteiger charge is -2.19. The number of carbonyl (C=O) groups is 3. The Hall–Kier alpha value is -1.14. The Labute approximate surface area is 118 Å². The molecule has 19 heavy (non-hydrogen) atoms. The molecule has 2 atom stereocenters. The predicted octanol–water partition coefficient (Wildman–Crippen LogP) is -0.188. The van der Waals surface area contributed by atoms with E-state index in [1.165, 1.54) is 4.90 Å². The fourth-order valence-corrected chi connectivity index (χ4v) is 2.49. The van der Waals surface area contributed by atoms with E-state index in [4.69, 9.17) is 0 Å². The highest BCUT2D eigenvalue weighted by molar-refractivity contribution is 6.07. The minimum absolute atomic E-state index is 0. The molecule has 0 aromatic heterocycles. The second-order valence-electron chi connectivity index (χ2n) is 5.11. The van der Waals surface area contributed by atoms with Crippen LogP contribution in [0.5, 0.6) is 0 Å². The largest absolute Gasteiger partial charge is 0.342 e. The summed E-state index contributed by atoms with van der Waals surface area (Å²) in [5.74, 6) is -0.676. The van der Waals surface area contributed by atoms with Crippen molar-refractivity contribution in [2.24, 2.45) is 0 Å². The molecule has 0 bridgehead atoms. The maximum atomic E-state index is 12.0. The van der Waals surface area contributed by atoms with Gasteiger partial charge in [-0.2, -0.15) is 0 Å². The van der Waals surface area contributed by atoms with Crippen LogP contribution >= 0.6 is 12.4 Å². The Balaban J connectivity index is 0.00000180. The minimum atomic E-state index is -0.685. The standard InChI is InChI=1S/C12H19N3O3.ClH/c1-7(2)15-10(16)6-9(12(15)18)14-11(17)8-4-3-5-13-8;/h7-9,13H,3-6H2,1-2H3,(H,14,17);1H. The summed E-state index contributed by atoms with van der Waals surface area (Å²) < 4.78 is 0. The van der Waals surface area contributed by atoms with Gasteiger partial charge in [-0.25, -0.2) is 0 Å². The molecular formula is C12H20ClN3O3. The van der Waals surface area contributed by atoms with Crippen LogP contribution in [-0.4, -0.2) is 47.3 Å². The van der Waals surface area contributed by atoms with Crippen LogP contribution in [0.3, 0.4) is 0 Å². The third kappa shape index (κ3) is 3.25. The number of rotatable bonds is 3. The second kappa shape index (κ2) is 6.34. The fraction of sp³-hybridized carbons (Fsp3) is 0.750. The quantitative estimate of drug-likeness (QED) is 0.706. The van der Waals surface area contributed by atoms with E-state index in [-0.39, 0.29) is 48.6 Å². The molecule has 0 aliphatic carbocycles. The van der Waals surface area contributed by atoms with Gasteiger partial charge in [0.15, 0.2) is 0 Å². The van der Waals surface area contributed by atoms with Gasteiger partial charge in [0.05, 0.1) is 12.5 Å². The van der Waals surface area contributed by atoms with E-state index in [1.54, 1.807) is 13.8 Å². The zero-order valence-electron chi connectivity index (χ0n) is 11.1. The van der Waals surface area contributed by atoms with Gasteiger partial charge >= 0.3 is 0 Å². The summed E-state index contributed by atoms with van der Waals surface area (Å²) in [5, 5.41) is 5.74. The molecule has 0 spiro atoms. The van der Waals surface area contributed by atoms with Gasteiger partial charge in [0.25, 0.3) is 5.91 Å². The third-order valence-corrected chi connectivity index (χ3v) is 3.39.